The second-order valence-electron chi connectivity index (χ2n) is 12.5. The molecule has 2 aromatic carbocycles. The zero-order valence-electron chi connectivity index (χ0n) is 29.6. The van der Waals surface area contributed by atoms with E-state index in [1.54, 1.807) is 19.2 Å². The number of anilines is 3. The smallest absolute Gasteiger partial charge is 0.351 e. The number of fused-ring (bicyclic) bond motifs is 1. The Kier molecular flexibility index (Phi) is 13.3. The van der Waals surface area contributed by atoms with Crippen molar-refractivity contribution in [3.63, 3.8) is 0 Å². The lowest BCUT2D eigenvalue weighted by atomic mass is 10.1. The maximum atomic E-state index is 13.7. The molecule has 0 radical (unpaired) electrons. The van der Waals surface area contributed by atoms with Crippen LogP contribution in [0.25, 0.3) is 10.9 Å². The van der Waals surface area contributed by atoms with Crippen LogP contribution in [0, 0.1) is 11.3 Å². The summed E-state index contributed by atoms with van der Waals surface area (Å²) in [5.74, 6) is -2.20. The summed E-state index contributed by atoms with van der Waals surface area (Å²) >= 11 is 12.6. The van der Waals surface area contributed by atoms with Crippen LogP contribution in [0.3, 0.4) is 0 Å². The number of nitrogen functional groups attached to an aromatic ring is 1. The lowest BCUT2D eigenvalue weighted by Crippen LogP contribution is -2.44. The number of rotatable bonds is 11. The van der Waals surface area contributed by atoms with E-state index >= 15 is 0 Å². The summed E-state index contributed by atoms with van der Waals surface area (Å²) in [5, 5.41) is 32.6. The van der Waals surface area contributed by atoms with Crippen molar-refractivity contribution >= 4 is 51.3 Å². The summed E-state index contributed by atoms with van der Waals surface area (Å²) in [6.07, 6.45) is -2.25. The largest absolute Gasteiger partial charge is 0.495 e. The van der Waals surface area contributed by atoms with Crippen LogP contribution >= 0.6 is 23.2 Å². The average Bonchev–Trinajstić information content (AvgIpc) is 3.38. The van der Waals surface area contributed by atoms with Gasteiger partial charge >= 0.3 is 11.6 Å². The second-order valence-corrected chi connectivity index (χ2v) is 13.3. The SMILES string of the molecule is COc1cc(Nc2c(C#N)cnc3cc(OCCCN4CCN(C)CC4)c(OC)cc23)c(Cl)cc1Cl.Nc1ccn([C@@H]2O[C@H](CO)[C@@H](O)C2(F)F)c(=O)n1. The fourth-order valence-corrected chi connectivity index (χ4v) is 6.38. The van der Waals surface area contributed by atoms with E-state index in [0.717, 1.165) is 51.4 Å². The molecule has 2 aromatic heterocycles. The highest BCUT2D eigenvalue weighted by Gasteiger charge is 2.59. The molecule has 2 aliphatic heterocycles. The van der Waals surface area contributed by atoms with Gasteiger partial charge < -0.3 is 50.0 Å². The summed E-state index contributed by atoms with van der Waals surface area (Å²) in [6.45, 7) is 5.13. The number of aliphatic hydroxyl groups excluding tert-OH is 2. The van der Waals surface area contributed by atoms with Crippen molar-refractivity contribution in [3.05, 3.63) is 68.8 Å². The highest BCUT2D eigenvalue weighted by Crippen LogP contribution is 2.42. The highest BCUT2D eigenvalue weighted by atomic mass is 35.5. The molecule has 290 valence electrons. The molecule has 19 heteroatoms. The summed E-state index contributed by atoms with van der Waals surface area (Å²) in [4.78, 5) is 24.0. The van der Waals surface area contributed by atoms with Gasteiger partial charge in [0.25, 0.3) is 0 Å². The Morgan fingerprint density at radius 3 is 2.46 bits per heavy atom. The lowest BCUT2D eigenvalue weighted by molar-refractivity contribution is -0.140. The van der Waals surface area contributed by atoms with Crippen LogP contribution in [-0.4, -0.2) is 120 Å². The van der Waals surface area contributed by atoms with Gasteiger partial charge in [0.05, 0.1) is 59.9 Å². The summed E-state index contributed by atoms with van der Waals surface area (Å²) in [7, 11) is 5.27. The third-order valence-electron chi connectivity index (χ3n) is 8.91. The van der Waals surface area contributed by atoms with Gasteiger partial charge in [-0.25, -0.2) is 4.79 Å². The Balaban J connectivity index is 0.000000260. The number of hydrogen-bond donors (Lipinski definition) is 4. The fraction of sp³-hybridized carbons (Fsp3) is 0.429. The topological polar surface area (TPSA) is 193 Å². The molecule has 4 aromatic rings. The minimum Gasteiger partial charge on any atom is -0.495 e. The number of halogens is 4. The number of hydrogen-bond acceptors (Lipinski definition) is 14. The number of benzene rings is 2. The molecule has 0 amide bonds. The van der Waals surface area contributed by atoms with Crippen molar-refractivity contribution in [1.29, 1.82) is 5.26 Å². The molecule has 5 N–H and O–H groups in total. The minimum atomic E-state index is -3.71. The molecule has 0 bridgehead atoms. The van der Waals surface area contributed by atoms with E-state index in [2.05, 4.69) is 38.2 Å². The normalized spacial score (nSPS) is 19.8. The standard InChI is InChI=1S/C26H29Cl2N5O3.C9H11F2N3O4/c1-32-6-8-33(9-7-32)5-4-10-36-25-13-21-18(11-24(25)35-3)26(17(15-29)16-30-21)31-22-14-23(34-2)20(28)12-19(22)27;10-9(11)6(16)4(3-15)18-7(9)14-2-1-5(12)13-8(14)17/h11-14,16H,4-10H2,1-3H3,(H,30,31);1-2,4,6-7,15-16H,3H2,(H2,12,13,17)/t;4-,6-,7-/m.1/s1. The molecular formula is C35H40Cl2F2N8O7. The first kappa shape index (κ1) is 40.6. The molecule has 0 aliphatic carbocycles. The minimum absolute atomic E-state index is 0.114. The van der Waals surface area contributed by atoms with Crippen molar-refractivity contribution in [2.45, 2.75) is 30.8 Å². The van der Waals surface area contributed by atoms with Crippen molar-refractivity contribution in [2.24, 2.45) is 0 Å². The second kappa shape index (κ2) is 17.7. The van der Waals surface area contributed by atoms with Gasteiger partial charge in [-0.2, -0.15) is 19.0 Å². The number of nitrogens with two attached hydrogens (primary N) is 1. The van der Waals surface area contributed by atoms with Crippen LogP contribution in [0.4, 0.5) is 26.0 Å². The average molecular weight is 794 g/mol. The van der Waals surface area contributed by atoms with Gasteiger partial charge in [-0.1, -0.05) is 23.2 Å². The molecule has 2 saturated heterocycles. The molecule has 0 unspecified atom stereocenters. The summed E-state index contributed by atoms with van der Waals surface area (Å²) < 4.78 is 49.7. The Labute approximate surface area is 319 Å². The van der Waals surface area contributed by atoms with E-state index in [0.29, 0.717) is 66.3 Å². The van der Waals surface area contributed by atoms with Crippen molar-refractivity contribution < 1.29 is 37.9 Å². The summed E-state index contributed by atoms with van der Waals surface area (Å²) in [6, 6.07) is 10.3. The first-order chi connectivity index (χ1) is 25.8. The third-order valence-corrected chi connectivity index (χ3v) is 9.52. The first-order valence-electron chi connectivity index (χ1n) is 16.7. The van der Waals surface area contributed by atoms with Crippen LogP contribution < -0.4 is 31.0 Å². The molecule has 54 heavy (non-hydrogen) atoms. The van der Waals surface area contributed by atoms with Gasteiger partial charge in [0.1, 0.15) is 23.7 Å². The van der Waals surface area contributed by atoms with E-state index in [9.17, 15) is 23.9 Å². The van der Waals surface area contributed by atoms with Gasteiger partial charge in [0.15, 0.2) is 17.6 Å². The number of pyridine rings is 1. The molecule has 3 atom stereocenters. The quantitative estimate of drug-likeness (QED) is 0.160. The maximum Gasteiger partial charge on any atom is 0.351 e. The van der Waals surface area contributed by atoms with E-state index in [-0.39, 0.29) is 5.82 Å². The summed E-state index contributed by atoms with van der Waals surface area (Å²) in [5.41, 5.74) is 6.32. The number of likely N-dealkylation sites (N-methyl/N-ethyl adjacent to an activating group) is 1. The number of methoxy groups -OCH3 is 2. The highest BCUT2D eigenvalue weighted by molar-refractivity contribution is 6.37. The van der Waals surface area contributed by atoms with E-state index in [4.69, 9.17) is 53.0 Å². The molecule has 15 nitrogen and oxygen atoms in total. The molecule has 2 aliphatic rings. The molecule has 0 saturated carbocycles. The Morgan fingerprint density at radius 2 is 1.83 bits per heavy atom. The molecule has 2 fully saturated rings. The molecular weight excluding hydrogens is 753 g/mol. The number of nitrogens with one attached hydrogen (secondary N) is 1. The number of piperazine rings is 1. The van der Waals surface area contributed by atoms with Crippen LogP contribution in [0.15, 0.2) is 47.5 Å². The van der Waals surface area contributed by atoms with Crippen LogP contribution in [-0.2, 0) is 4.74 Å². The molecule has 4 heterocycles. The van der Waals surface area contributed by atoms with Crippen molar-refractivity contribution in [3.8, 4) is 23.3 Å². The number of aliphatic hydroxyl groups is 2. The Hall–Kier alpha value is -4.54. The number of aromatic nitrogens is 3. The maximum absolute atomic E-state index is 13.7. The number of alkyl halides is 2. The predicted molar refractivity (Wildman–Crippen MR) is 198 cm³/mol. The van der Waals surface area contributed by atoms with Crippen LogP contribution in [0.1, 0.15) is 18.2 Å². The van der Waals surface area contributed by atoms with Gasteiger partial charge in [0, 0.05) is 62.6 Å². The predicted octanol–water partition coefficient (Wildman–Crippen LogP) is 3.90. The van der Waals surface area contributed by atoms with Crippen molar-refractivity contribution in [1.82, 2.24) is 24.3 Å². The van der Waals surface area contributed by atoms with Crippen LogP contribution in [0.5, 0.6) is 17.2 Å². The number of nitriles is 1. The van der Waals surface area contributed by atoms with Gasteiger partial charge in [-0.3, -0.25) is 9.55 Å². The monoisotopic (exact) mass is 792 g/mol. The van der Waals surface area contributed by atoms with Crippen LogP contribution in [0.2, 0.25) is 10.0 Å². The first-order valence-corrected chi connectivity index (χ1v) is 17.5. The number of nitrogens with zero attached hydrogens (tertiary/aromatic N) is 6. The van der Waals surface area contributed by atoms with E-state index < -0.39 is 36.7 Å². The Bertz CT molecular complexity index is 2050. The third kappa shape index (κ3) is 9.04. The van der Waals surface area contributed by atoms with Gasteiger partial charge in [-0.15, -0.1) is 0 Å². The Morgan fingerprint density at radius 1 is 1.11 bits per heavy atom. The molecule has 0 spiro atoms. The zero-order chi connectivity index (χ0) is 39.2. The van der Waals surface area contributed by atoms with Crippen molar-refractivity contribution in [2.75, 3.05) is 78.3 Å². The zero-order valence-corrected chi connectivity index (χ0v) is 31.2. The van der Waals surface area contributed by atoms with E-state index in [1.807, 2.05) is 12.1 Å². The van der Waals surface area contributed by atoms with Gasteiger partial charge in [0.2, 0.25) is 6.23 Å². The number of ether oxygens (including phenoxy) is 4. The lowest BCUT2D eigenvalue weighted by Gasteiger charge is -2.32. The van der Waals surface area contributed by atoms with Gasteiger partial charge in [-0.05, 0) is 31.7 Å². The molecule has 6 rings (SSSR count). The van der Waals surface area contributed by atoms with E-state index in [1.165, 1.54) is 13.3 Å². The fourth-order valence-electron chi connectivity index (χ4n) is 5.87.